The van der Waals surface area contributed by atoms with Crippen molar-refractivity contribution in [3.63, 3.8) is 0 Å². The maximum absolute atomic E-state index is 12.0. The first kappa shape index (κ1) is 21.0. The zero-order valence-electron chi connectivity index (χ0n) is 15.7. The van der Waals surface area contributed by atoms with Crippen LogP contribution in [0.15, 0.2) is 53.7 Å². The van der Waals surface area contributed by atoms with E-state index < -0.39 is 23.4 Å². The first-order valence-electron chi connectivity index (χ1n) is 8.59. The predicted octanol–water partition coefficient (Wildman–Crippen LogP) is 2.82. The van der Waals surface area contributed by atoms with Crippen LogP contribution in [-0.4, -0.2) is 46.2 Å². The molecule has 1 amide bonds. The number of hydrogen-bond donors (Lipinski definition) is 1. The van der Waals surface area contributed by atoms with Crippen molar-refractivity contribution in [2.75, 3.05) is 24.8 Å². The number of amides is 1. The molecule has 2 aromatic carbocycles. The summed E-state index contributed by atoms with van der Waals surface area (Å²) >= 11 is 1.15. The molecule has 0 saturated heterocycles. The first-order chi connectivity index (χ1) is 14.5. The molecule has 0 fully saturated rings. The van der Waals surface area contributed by atoms with Crippen molar-refractivity contribution < 1.29 is 24.0 Å². The number of benzene rings is 2. The Morgan fingerprint density at radius 2 is 1.97 bits per heavy atom. The summed E-state index contributed by atoms with van der Waals surface area (Å²) in [5.41, 5.74) is 1.52. The molecule has 1 N–H and O–H groups in total. The summed E-state index contributed by atoms with van der Waals surface area (Å²) in [6.07, 6.45) is 1.56. The number of aromatic nitrogens is 2. The lowest BCUT2D eigenvalue weighted by molar-refractivity contribution is -0.384. The lowest BCUT2D eigenvalue weighted by atomic mass is 10.2. The van der Waals surface area contributed by atoms with Crippen molar-refractivity contribution in [3.05, 3.63) is 58.8 Å². The highest BCUT2D eigenvalue weighted by Gasteiger charge is 2.15. The molecule has 0 aliphatic rings. The van der Waals surface area contributed by atoms with Crippen LogP contribution in [0.1, 0.15) is 0 Å². The van der Waals surface area contributed by atoms with E-state index in [-0.39, 0.29) is 22.9 Å². The van der Waals surface area contributed by atoms with Gasteiger partial charge in [0.1, 0.15) is 10.8 Å². The third-order valence-electron chi connectivity index (χ3n) is 3.80. The molecule has 0 aliphatic heterocycles. The van der Waals surface area contributed by atoms with E-state index in [1.54, 1.807) is 6.20 Å². The van der Waals surface area contributed by atoms with Crippen molar-refractivity contribution in [1.82, 2.24) is 9.97 Å². The van der Waals surface area contributed by atoms with Gasteiger partial charge in [-0.25, -0.2) is 4.98 Å². The molecule has 3 rings (SSSR count). The number of carbonyl (C=O) groups excluding carboxylic acids is 2. The van der Waals surface area contributed by atoms with Gasteiger partial charge >= 0.3 is 5.97 Å². The minimum atomic E-state index is -0.606. The number of fused-ring (bicyclic) bond motifs is 1. The van der Waals surface area contributed by atoms with Gasteiger partial charge in [0.25, 0.3) is 11.6 Å². The molecule has 0 bridgehead atoms. The molecule has 1 heterocycles. The predicted molar refractivity (Wildman–Crippen MR) is 109 cm³/mol. The fourth-order valence-corrected chi connectivity index (χ4v) is 3.05. The van der Waals surface area contributed by atoms with E-state index in [9.17, 15) is 19.7 Å². The molecular weight excluding hydrogens is 412 g/mol. The Bertz CT molecular complexity index is 1110. The van der Waals surface area contributed by atoms with Gasteiger partial charge < -0.3 is 14.8 Å². The van der Waals surface area contributed by atoms with Crippen molar-refractivity contribution in [3.8, 4) is 5.75 Å². The van der Waals surface area contributed by atoms with Gasteiger partial charge in [-0.2, -0.15) is 0 Å². The monoisotopic (exact) mass is 428 g/mol. The Labute approximate surface area is 174 Å². The van der Waals surface area contributed by atoms with Crippen LogP contribution in [0.5, 0.6) is 5.75 Å². The number of methoxy groups -OCH3 is 1. The maximum Gasteiger partial charge on any atom is 0.316 e. The second-order valence-electron chi connectivity index (χ2n) is 5.84. The summed E-state index contributed by atoms with van der Waals surface area (Å²) in [6.45, 7) is -0.511. The summed E-state index contributed by atoms with van der Waals surface area (Å²) in [6, 6.07) is 11.1. The summed E-state index contributed by atoms with van der Waals surface area (Å²) in [5.74, 6) is -1.12. The third-order valence-corrected chi connectivity index (χ3v) is 4.67. The van der Waals surface area contributed by atoms with Crippen molar-refractivity contribution in [2.24, 2.45) is 0 Å². The maximum atomic E-state index is 12.0. The SMILES string of the molecule is COc1cc([N+](=O)[O-])ccc1NC(=O)COC(=O)CSc1cnc2ccccc2n1. The number of para-hydroxylation sites is 2. The Kier molecular flexibility index (Phi) is 6.75. The molecule has 0 saturated carbocycles. The molecule has 30 heavy (non-hydrogen) atoms. The van der Waals surface area contributed by atoms with Crippen LogP contribution in [0.4, 0.5) is 11.4 Å². The van der Waals surface area contributed by atoms with Crippen molar-refractivity contribution in [1.29, 1.82) is 0 Å². The number of nitrogens with one attached hydrogen (secondary N) is 1. The summed E-state index contributed by atoms with van der Waals surface area (Å²) < 4.78 is 9.99. The number of hydrogen-bond acceptors (Lipinski definition) is 9. The molecule has 3 aromatic rings. The Balaban J connectivity index is 1.49. The lowest BCUT2D eigenvalue weighted by Gasteiger charge is -2.10. The second-order valence-corrected chi connectivity index (χ2v) is 6.83. The number of carbonyl (C=O) groups is 2. The van der Waals surface area contributed by atoms with Gasteiger partial charge in [-0.3, -0.25) is 24.7 Å². The molecule has 0 atom stereocenters. The zero-order chi connectivity index (χ0) is 21.5. The molecule has 0 spiro atoms. The molecule has 11 heteroatoms. The zero-order valence-corrected chi connectivity index (χ0v) is 16.5. The van der Waals surface area contributed by atoms with Crippen LogP contribution in [0.3, 0.4) is 0 Å². The highest BCUT2D eigenvalue weighted by Crippen LogP contribution is 2.28. The van der Waals surface area contributed by atoms with Gasteiger partial charge in [0.2, 0.25) is 0 Å². The Morgan fingerprint density at radius 3 is 2.70 bits per heavy atom. The van der Waals surface area contributed by atoms with Gasteiger partial charge in [-0.1, -0.05) is 23.9 Å². The number of rotatable bonds is 8. The minimum Gasteiger partial charge on any atom is -0.494 e. The standard InChI is InChI=1S/C19H16N4O6S/c1-28-16-8-12(23(26)27)6-7-15(16)21-17(24)10-29-19(25)11-30-18-9-20-13-4-2-3-5-14(13)22-18/h2-9H,10-11H2,1H3,(H,21,24). The smallest absolute Gasteiger partial charge is 0.316 e. The van der Waals surface area contributed by atoms with Gasteiger partial charge in [0, 0.05) is 6.07 Å². The molecule has 154 valence electrons. The van der Waals surface area contributed by atoms with E-state index in [0.717, 1.165) is 17.3 Å². The number of nitro benzene ring substituents is 1. The van der Waals surface area contributed by atoms with E-state index in [1.807, 2.05) is 24.3 Å². The molecule has 0 unspecified atom stereocenters. The van der Waals surface area contributed by atoms with Crippen LogP contribution in [0, 0.1) is 10.1 Å². The van der Waals surface area contributed by atoms with E-state index >= 15 is 0 Å². The summed E-state index contributed by atoms with van der Waals surface area (Å²) in [7, 11) is 1.32. The van der Waals surface area contributed by atoms with Crippen LogP contribution in [-0.2, 0) is 14.3 Å². The Morgan fingerprint density at radius 1 is 1.20 bits per heavy atom. The number of ether oxygens (including phenoxy) is 2. The average molecular weight is 428 g/mol. The van der Waals surface area contributed by atoms with Crippen LogP contribution >= 0.6 is 11.8 Å². The molecule has 1 aromatic heterocycles. The average Bonchev–Trinajstić information content (AvgIpc) is 2.76. The largest absolute Gasteiger partial charge is 0.494 e. The van der Waals surface area contributed by atoms with Crippen LogP contribution < -0.4 is 10.1 Å². The quantitative estimate of drug-likeness (QED) is 0.249. The van der Waals surface area contributed by atoms with Crippen LogP contribution in [0.2, 0.25) is 0 Å². The topological polar surface area (TPSA) is 134 Å². The molecule has 0 aliphatic carbocycles. The fourth-order valence-electron chi connectivity index (χ4n) is 2.41. The number of nitrogens with zero attached hydrogens (tertiary/aromatic N) is 3. The van der Waals surface area contributed by atoms with Gasteiger partial charge in [-0.15, -0.1) is 0 Å². The van der Waals surface area contributed by atoms with E-state index in [2.05, 4.69) is 15.3 Å². The normalized spacial score (nSPS) is 10.4. The van der Waals surface area contributed by atoms with Crippen molar-refractivity contribution in [2.45, 2.75) is 5.03 Å². The van der Waals surface area contributed by atoms with Crippen molar-refractivity contribution >= 4 is 46.0 Å². The minimum absolute atomic E-state index is 0.0405. The van der Waals surface area contributed by atoms with Gasteiger partial charge in [-0.05, 0) is 18.2 Å². The number of thioether (sulfide) groups is 1. The van der Waals surface area contributed by atoms with Gasteiger partial charge in [0.05, 0.1) is 46.8 Å². The molecule has 0 radical (unpaired) electrons. The van der Waals surface area contributed by atoms with E-state index in [1.165, 1.54) is 25.3 Å². The number of non-ortho nitro benzene ring substituents is 1. The van der Waals surface area contributed by atoms with Crippen LogP contribution in [0.25, 0.3) is 11.0 Å². The van der Waals surface area contributed by atoms with Gasteiger partial charge in [0.15, 0.2) is 6.61 Å². The molecule has 10 nitrogen and oxygen atoms in total. The summed E-state index contributed by atoms with van der Waals surface area (Å²) in [5, 5.41) is 13.8. The number of nitro groups is 1. The number of esters is 1. The second kappa shape index (κ2) is 9.65. The number of anilines is 1. The van der Waals surface area contributed by atoms with E-state index in [0.29, 0.717) is 10.5 Å². The first-order valence-corrected chi connectivity index (χ1v) is 9.57. The highest BCUT2D eigenvalue weighted by atomic mass is 32.2. The van der Waals surface area contributed by atoms with E-state index in [4.69, 9.17) is 9.47 Å². The fraction of sp³-hybridized carbons (Fsp3) is 0.158. The molecular formula is C19H16N4O6S. The lowest BCUT2D eigenvalue weighted by Crippen LogP contribution is -2.22. The highest BCUT2D eigenvalue weighted by molar-refractivity contribution is 7.99. The summed E-state index contributed by atoms with van der Waals surface area (Å²) in [4.78, 5) is 42.8. The third kappa shape index (κ3) is 5.41. The Hall–Kier alpha value is -3.73.